The smallest absolute Gasteiger partial charge is 0.327 e. The number of benzene rings is 3. The summed E-state index contributed by atoms with van der Waals surface area (Å²) in [6.45, 7) is 22.9. The van der Waals surface area contributed by atoms with E-state index < -0.39 is 88.1 Å². The molecule has 0 radical (unpaired) electrons. The molecule has 12 rings (SSSR count). The van der Waals surface area contributed by atoms with Gasteiger partial charge in [-0.1, -0.05) is 125 Å². The van der Waals surface area contributed by atoms with E-state index in [4.69, 9.17) is 38.9 Å². The van der Waals surface area contributed by atoms with E-state index in [9.17, 15) is 68.4 Å². The number of carbonyl (C=O) groups excluding carboxylic acids is 7. The van der Waals surface area contributed by atoms with E-state index in [1.807, 2.05) is 81.6 Å². The third kappa shape index (κ3) is 27.2. The molecule has 1 spiro atoms. The maximum absolute atomic E-state index is 13.5. The highest BCUT2D eigenvalue weighted by Gasteiger charge is 2.67. The van der Waals surface area contributed by atoms with Crippen LogP contribution in [0.4, 0.5) is 17.3 Å². The highest BCUT2D eigenvalue weighted by atomic mass is 33.1. The van der Waals surface area contributed by atoms with Crippen LogP contribution >= 0.6 is 45.1 Å². The van der Waals surface area contributed by atoms with Gasteiger partial charge >= 0.3 is 11.9 Å². The van der Waals surface area contributed by atoms with Crippen molar-refractivity contribution in [3.63, 3.8) is 0 Å². The van der Waals surface area contributed by atoms with Crippen molar-refractivity contribution < 1.29 is 96.7 Å². The summed E-state index contributed by atoms with van der Waals surface area (Å²) in [7, 11) is 4.76. The van der Waals surface area contributed by atoms with Gasteiger partial charge < -0.3 is 96.1 Å². The maximum atomic E-state index is 13.5. The third-order valence-electron chi connectivity index (χ3n) is 27.9. The highest BCUT2D eigenvalue weighted by Crippen LogP contribution is 2.59. The maximum Gasteiger partial charge on any atom is 0.327 e. The van der Waals surface area contributed by atoms with E-state index >= 15 is 0 Å². The average molecular weight is 1940 g/mol. The fourth-order valence-corrected chi connectivity index (χ4v) is 22.8. The van der Waals surface area contributed by atoms with Gasteiger partial charge in [-0.3, -0.25) is 43.3 Å². The summed E-state index contributed by atoms with van der Waals surface area (Å²) >= 11 is 2.94. The molecule has 3 unspecified atom stereocenters. The summed E-state index contributed by atoms with van der Waals surface area (Å²) in [6.07, 6.45) is 15.3. The lowest BCUT2D eigenvalue weighted by Crippen LogP contribution is -2.62. The molecule has 0 saturated carbocycles. The number of carboxylic acid groups (broad SMARTS) is 2. The van der Waals surface area contributed by atoms with Crippen LogP contribution in [0.15, 0.2) is 83.8 Å². The van der Waals surface area contributed by atoms with Gasteiger partial charge in [-0.2, -0.15) is 28.5 Å². The van der Waals surface area contributed by atoms with Crippen LogP contribution in [-0.4, -0.2) is 246 Å². The Kier molecular flexibility index (Phi) is 38.3. The second-order valence-electron chi connectivity index (χ2n) is 37.9. The molecule has 13 N–H and O–H groups in total. The molecule has 7 aliphatic rings. The topological polar surface area (TPSA) is 472 Å². The van der Waals surface area contributed by atoms with E-state index in [1.54, 1.807) is 35.1 Å². The fraction of sp³-hybridized carbons (Fsp3) is 0.639. The Balaban J connectivity index is 0.000000272. The molecule has 6 fully saturated rings. The summed E-state index contributed by atoms with van der Waals surface area (Å²) in [6, 6.07) is 19.0. The van der Waals surface area contributed by atoms with Crippen LogP contribution in [0.1, 0.15) is 211 Å². The second kappa shape index (κ2) is 48.3. The van der Waals surface area contributed by atoms with Gasteiger partial charge in [0, 0.05) is 130 Å². The number of nitrogens with one attached hydrogen (secondary N) is 7. The first-order valence-electron chi connectivity index (χ1n) is 46.9. The Labute approximate surface area is 801 Å². The molecule has 9 heterocycles. The zero-order valence-electron chi connectivity index (χ0n) is 79.3. The van der Waals surface area contributed by atoms with Gasteiger partial charge in [0.2, 0.25) is 35.5 Å². The number of methoxy groups -OCH3 is 1. The number of aromatic amines is 1. The molecule has 0 bridgehead atoms. The highest BCUT2D eigenvalue weighted by molar-refractivity contribution is 8.76. The molecular weight excluding hydrogens is 1800 g/mol. The number of nitrogens with zero attached hydrogens (tertiary/aromatic N) is 4. The number of amides is 6. The molecule has 3 aromatic carbocycles. The number of carbonyl (C=O) groups is 9. The summed E-state index contributed by atoms with van der Waals surface area (Å²) in [5, 5.41) is 57.4. The Bertz CT molecular complexity index is 4970. The first-order valence-corrected chi connectivity index (χ1v) is 52.2. The minimum Gasteiger partial charge on any atom is -0.480 e. The second-order valence-corrected chi connectivity index (χ2v) is 42.5. The van der Waals surface area contributed by atoms with Crippen molar-refractivity contribution in [3.8, 4) is 0 Å². The van der Waals surface area contributed by atoms with Gasteiger partial charge in [0.15, 0.2) is 22.7 Å². The van der Waals surface area contributed by atoms with Crippen LogP contribution in [0.3, 0.4) is 0 Å². The zero-order chi connectivity index (χ0) is 97.0. The number of Topliss-reactive ketones (excluding diaryl/α,β-unsaturated/α-hetero) is 1. The van der Waals surface area contributed by atoms with E-state index in [2.05, 4.69) is 113 Å². The Morgan fingerprint density at radius 2 is 1.40 bits per heavy atom. The van der Waals surface area contributed by atoms with Gasteiger partial charge in [-0.05, 0) is 162 Å². The van der Waals surface area contributed by atoms with Gasteiger partial charge in [0.25, 0.3) is 11.5 Å². The number of ether oxygens (including phenoxy) is 7. The number of aliphatic carboxylic acids is 2. The number of aliphatic hydroxyl groups excluding tert-OH is 1. The van der Waals surface area contributed by atoms with Crippen LogP contribution in [0, 0.1) is 47.3 Å². The summed E-state index contributed by atoms with van der Waals surface area (Å²) in [5.41, 5.74) is 8.44. The first-order chi connectivity index (χ1) is 63.8. The van der Waals surface area contributed by atoms with Crippen LogP contribution in [-0.2, 0) is 84.6 Å². The predicted molar refractivity (Wildman–Crippen MR) is 519 cm³/mol. The molecule has 7 aliphatic heterocycles. The number of anilines is 3. The molecule has 5 aromatic rings. The number of H-pyrrole nitrogens is 1. The van der Waals surface area contributed by atoms with Gasteiger partial charge in [-0.15, -0.1) is 0 Å². The monoisotopic (exact) mass is 1930 g/mol. The SMILES string of the molecule is CO[C@]1(C)C[C@@H](C[C@H]2CC[C@H](C)C([C@@H](C)C(=O)NCCSC)O2)O[C@]2(O[C@@](C)(C3CC[C@@](C)([C@@H]4O[C@@H]([C@@H]5O[C@@](O)(CO)[C@H](C)C[C@@H]5C)C[C@@H]4C)O3)C[C@H]2C)[C@@H]1C.CSC[C@H](NC(=O)C(CCCNC(=O)CCSSCCNC(=O)CCC(=O)N1Cc2ccccc2/C=C\c2ccccc21)CC(=O)CC[C@H](NC(=O)c1ccc(NCc2cnc3nc(N)[nH]c(=O)c3n2)cc1)C(=O)O)C(=O)O. The molecule has 22 atom stereocenters. The van der Waals surface area contributed by atoms with E-state index in [0.717, 1.165) is 85.9 Å². The number of ketones is 1. The molecule has 6 saturated heterocycles. The Hall–Kier alpha value is -8.31. The van der Waals surface area contributed by atoms with Crippen LogP contribution in [0.25, 0.3) is 23.3 Å². The Morgan fingerprint density at radius 3 is 2.13 bits per heavy atom. The van der Waals surface area contributed by atoms with Crippen molar-refractivity contribution in [3.05, 3.63) is 117 Å². The predicted octanol–water partition coefficient (Wildman–Crippen LogP) is 11.2. The van der Waals surface area contributed by atoms with E-state index in [-0.39, 0.29) is 195 Å². The largest absolute Gasteiger partial charge is 0.480 e. The van der Waals surface area contributed by atoms with Crippen LogP contribution < -0.4 is 48.1 Å². The number of para-hydroxylation sites is 1. The number of rotatable bonds is 42. The molecule has 33 nitrogen and oxygen atoms in total. The molecule has 6 amide bonds. The summed E-state index contributed by atoms with van der Waals surface area (Å²) in [5.74, 6) is -6.12. The normalized spacial score (nSPS) is 29.3. The van der Waals surface area contributed by atoms with Crippen molar-refractivity contribution in [1.82, 2.24) is 46.5 Å². The lowest BCUT2D eigenvalue weighted by molar-refractivity contribution is -0.367. The lowest BCUT2D eigenvalue weighted by atomic mass is 9.72. The number of thioether (sulfide) groups is 2. The summed E-state index contributed by atoms with van der Waals surface area (Å²) in [4.78, 5) is 144. The number of hydrogen-bond acceptors (Lipinski definition) is 28. The molecular formula is C97H138N12O21S4. The van der Waals surface area contributed by atoms with Gasteiger partial charge in [-0.25, -0.2) is 19.6 Å². The number of fused-ring (bicyclic) bond motifs is 3. The number of hydrogen-bond donors (Lipinski definition) is 12. The quantitative estimate of drug-likeness (QED) is 0.0127. The van der Waals surface area contributed by atoms with Gasteiger partial charge in [0.1, 0.15) is 17.9 Å². The third-order valence-corrected chi connectivity index (χ3v) is 31.6. The molecule has 2 aromatic heterocycles. The van der Waals surface area contributed by atoms with E-state index in [0.29, 0.717) is 48.4 Å². The fourth-order valence-electron chi connectivity index (χ4n) is 20.1. The molecule has 37 heteroatoms. The van der Waals surface area contributed by atoms with Crippen molar-refractivity contribution in [2.24, 2.45) is 47.3 Å². The molecule has 0 aliphatic carbocycles. The van der Waals surface area contributed by atoms with Crippen molar-refractivity contribution in [2.75, 3.05) is 84.8 Å². The number of carboxylic acids is 2. The van der Waals surface area contributed by atoms with Crippen LogP contribution in [0.2, 0.25) is 0 Å². The number of aliphatic hydroxyl groups is 2. The van der Waals surface area contributed by atoms with Gasteiger partial charge in [0.05, 0.1) is 103 Å². The zero-order valence-corrected chi connectivity index (χ0v) is 82.6. The van der Waals surface area contributed by atoms with Crippen molar-refractivity contribution in [1.29, 1.82) is 0 Å². The number of nitrogen functional groups attached to an aromatic ring is 1. The molecule has 736 valence electrons. The minimum absolute atomic E-state index is 0.0154. The van der Waals surface area contributed by atoms with Crippen molar-refractivity contribution >= 4 is 139 Å². The van der Waals surface area contributed by atoms with E-state index in [1.165, 1.54) is 51.7 Å². The number of nitrogens with two attached hydrogens (primary N) is 1. The number of aromatic nitrogens is 4. The standard InChI is InChI=1S/C53H61N11O11S3.C44H77NO10S/c1-76-31-41(52(74)75)61-49(70)35(27-39(65)18-19-40(51(72)73)60-48(69)34-14-16-37(17-15-34)57-28-38-29-58-47-46(59-38)50(71)63-53(54)62-47)10-6-23-55-44(67)22-25-77-78-26-24-56-43(66)20-21-45(68)64-30-36-9-3-2-7-32(36)12-13-33-8-4-5-11-42(33)64;1-25-13-14-32(50-36(25)30(6)39(47)45-17-18-56-12)21-33-23-41(9,49-11)31(7)44(52-33)29(5)22-42(10,55-44)35-15-16-40(8,53-35)38-27(3)20-34(51-38)37-26(2)19-28(4)43(48,24-46)54-37/h2-5,7-9,11-17,29,35,40-41,57H,6,10,18-28,30-31H2,1H3,(H,55,67)(H,56,66)(H,60,69)(H,61,70)(H,72,73)(H,74,75)(H3,54,58,62,63,71);25-38,46,48H,13-24H2,1-12H3,(H,45,47)/b13-12-;/t35?,40-,41-;25-,26-,27-,28+,29+,30+,31+,32+,33+,34+,35?,36?,37+,38+,40-,41+,42+,43-,44+/m00/s1. The van der Waals surface area contributed by atoms with Crippen LogP contribution in [0.5, 0.6) is 0 Å². The lowest BCUT2D eigenvalue weighted by Gasteiger charge is -2.54. The first kappa shape index (κ1) is 106. The average Bonchev–Trinajstić information content (AvgIpc) is 1.54. The minimum atomic E-state index is -1.55. The van der Waals surface area contributed by atoms with Crippen molar-refractivity contribution in [2.45, 2.75) is 275 Å². The Morgan fingerprint density at radius 1 is 0.701 bits per heavy atom. The summed E-state index contributed by atoms with van der Waals surface area (Å²) < 4.78 is 48.0. The molecule has 134 heavy (non-hydrogen) atoms.